The van der Waals surface area contributed by atoms with Gasteiger partial charge in [0.2, 0.25) is 0 Å². The first-order chi connectivity index (χ1) is 14.3. The number of thioether (sulfide) groups is 1. The molecule has 2 aromatic rings. The van der Waals surface area contributed by atoms with E-state index in [2.05, 4.69) is 15.1 Å². The summed E-state index contributed by atoms with van der Waals surface area (Å²) in [5, 5.41) is 7.35. The van der Waals surface area contributed by atoms with Gasteiger partial charge in [-0.25, -0.2) is 0 Å². The first-order valence-electron chi connectivity index (χ1n) is 10.1. The molecule has 0 aliphatic carbocycles. The molecule has 2 saturated heterocycles. The summed E-state index contributed by atoms with van der Waals surface area (Å²) in [5.74, 6) is 2.84. The Morgan fingerprint density at radius 1 is 1.31 bits per heavy atom. The number of benzene rings is 1. The first kappa shape index (κ1) is 20.3. The molecule has 156 valence electrons. The normalized spacial score (nSPS) is 21.0. The molecule has 0 radical (unpaired) electrons. The van der Waals surface area contributed by atoms with Crippen LogP contribution in [0.25, 0.3) is 11.3 Å². The van der Waals surface area contributed by atoms with Gasteiger partial charge in [0.1, 0.15) is 11.4 Å². The molecule has 2 aliphatic heterocycles. The average Bonchev–Trinajstić information content (AvgIpc) is 3.15. The minimum absolute atomic E-state index is 0.0272. The van der Waals surface area contributed by atoms with Crippen LogP contribution in [0.2, 0.25) is 0 Å². The number of carbonyl (C=O) groups excluding carboxylic acids is 1. The molecule has 29 heavy (non-hydrogen) atoms. The number of para-hydroxylation sites is 1. The van der Waals surface area contributed by atoms with Crippen molar-refractivity contribution < 1.29 is 14.3 Å². The summed E-state index contributed by atoms with van der Waals surface area (Å²) in [5.41, 5.74) is 2.13. The maximum absolute atomic E-state index is 13.4. The summed E-state index contributed by atoms with van der Waals surface area (Å²) in [6, 6.07) is 9.75. The second-order valence-electron chi connectivity index (χ2n) is 7.36. The number of aromatic nitrogens is 2. The Morgan fingerprint density at radius 3 is 2.97 bits per heavy atom. The van der Waals surface area contributed by atoms with Crippen molar-refractivity contribution in [3.8, 4) is 17.0 Å². The number of nitrogens with zero attached hydrogens (tertiary/aromatic N) is 3. The zero-order valence-electron chi connectivity index (χ0n) is 16.8. The molecule has 2 aliphatic rings. The second-order valence-corrected chi connectivity index (χ2v) is 8.51. The topological polar surface area (TPSA) is 70.7 Å². The lowest BCUT2D eigenvalue weighted by atomic mass is 10.1. The van der Waals surface area contributed by atoms with Crippen molar-refractivity contribution in [1.82, 2.24) is 20.0 Å². The van der Waals surface area contributed by atoms with E-state index in [0.29, 0.717) is 5.69 Å². The van der Waals surface area contributed by atoms with Crippen LogP contribution in [0.3, 0.4) is 0 Å². The number of ether oxygens (including phenoxy) is 2. The van der Waals surface area contributed by atoms with Gasteiger partial charge in [0.25, 0.3) is 5.91 Å². The molecule has 1 aromatic carbocycles. The Morgan fingerprint density at radius 2 is 2.14 bits per heavy atom. The molecule has 1 amide bonds. The maximum Gasteiger partial charge on any atom is 0.272 e. The van der Waals surface area contributed by atoms with Gasteiger partial charge in [-0.1, -0.05) is 12.1 Å². The van der Waals surface area contributed by atoms with E-state index in [9.17, 15) is 4.79 Å². The molecule has 4 rings (SSSR count). The lowest BCUT2D eigenvalue weighted by molar-refractivity contribution is 0.0244. The Kier molecular flexibility index (Phi) is 6.74. The predicted octanol–water partition coefficient (Wildman–Crippen LogP) is 2.37. The predicted molar refractivity (Wildman–Crippen MR) is 115 cm³/mol. The number of amides is 1. The molecule has 1 aromatic heterocycles. The number of H-pyrrole nitrogens is 1. The van der Waals surface area contributed by atoms with Gasteiger partial charge in [-0.05, 0) is 30.4 Å². The number of nitrogens with one attached hydrogen (secondary N) is 1. The van der Waals surface area contributed by atoms with Crippen molar-refractivity contribution in [2.75, 3.05) is 58.0 Å². The van der Waals surface area contributed by atoms with Crippen LogP contribution in [-0.2, 0) is 4.74 Å². The summed E-state index contributed by atoms with van der Waals surface area (Å²) in [6.07, 6.45) is 1.02. The number of hydrogen-bond donors (Lipinski definition) is 1. The zero-order valence-corrected chi connectivity index (χ0v) is 17.6. The van der Waals surface area contributed by atoms with Crippen LogP contribution in [0.5, 0.6) is 5.75 Å². The van der Waals surface area contributed by atoms with Crippen LogP contribution in [0.4, 0.5) is 0 Å². The van der Waals surface area contributed by atoms with E-state index in [4.69, 9.17) is 9.47 Å². The van der Waals surface area contributed by atoms with E-state index in [1.165, 1.54) is 0 Å². The molecule has 3 heterocycles. The zero-order chi connectivity index (χ0) is 20.1. The molecule has 0 spiro atoms. The van der Waals surface area contributed by atoms with Crippen molar-refractivity contribution in [3.63, 3.8) is 0 Å². The van der Waals surface area contributed by atoms with E-state index in [1.807, 2.05) is 47.0 Å². The number of aromatic amines is 1. The summed E-state index contributed by atoms with van der Waals surface area (Å²) in [4.78, 5) is 17.8. The van der Waals surface area contributed by atoms with Crippen molar-refractivity contribution >= 4 is 17.7 Å². The fourth-order valence-electron chi connectivity index (χ4n) is 3.91. The van der Waals surface area contributed by atoms with Gasteiger partial charge in [0, 0.05) is 37.5 Å². The Bertz CT molecular complexity index is 822. The second kappa shape index (κ2) is 9.65. The fraction of sp³-hybridized carbons (Fsp3) is 0.524. The monoisotopic (exact) mass is 416 g/mol. The molecular formula is C21H28N4O3S. The van der Waals surface area contributed by atoms with Crippen LogP contribution in [0, 0.1) is 0 Å². The molecule has 8 heteroatoms. The van der Waals surface area contributed by atoms with Crippen molar-refractivity contribution in [1.29, 1.82) is 0 Å². The molecule has 2 fully saturated rings. The fourth-order valence-corrected chi connectivity index (χ4v) is 4.97. The molecular weight excluding hydrogens is 388 g/mol. The highest BCUT2D eigenvalue weighted by Gasteiger charge is 2.30. The number of rotatable bonds is 5. The van der Waals surface area contributed by atoms with Crippen molar-refractivity contribution in [2.24, 2.45) is 0 Å². The van der Waals surface area contributed by atoms with Gasteiger partial charge in [-0.15, -0.1) is 0 Å². The standard InChI is InChI=1S/C21H28N4O3S/c1-27-20-6-3-2-5-17(20)18-13-19(23-22-18)21(26)25-7-4-12-29-15-16(25)14-24-8-10-28-11-9-24/h2-3,5-6,13,16H,4,7-12,14-15H2,1H3,(H,22,23). The summed E-state index contributed by atoms with van der Waals surface area (Å²) in [6.45, 7) is 5.10. The minimum Gasteiger partial charge on any atom is -0.496 e. The first-order valence-corrected chi connectivity index (χ1v) is 11.3. The third-order valence-electron chi connectivity index (χ3n) is 5.46. The van der Waals surface area contributed by atoms with E-state index in [0.717, 1.165) is 74.3 Å². The summed E-state index contributed by atoms with van der Waals surface area (Å²) < 4.78 is 10.9. The maximum atomic E-state index is 13.4. The molecule has 0 saturated carbocycles. The van der Waals surface area contributed by atoms with Crippen LogP contribution >= 0.6 is 11.8 Å². The van der Waals surface area contributed by atoms with E-state index in [1.54, 1.807) is 7.11 Å². The lowest BCUT2D eigenvalue weighted by Crippen LogP contribution is -2.50. The highest BCUT2D eigenvalue weighted by molar-refractivity contribution is 7.99. The van der Waals surface area contributed by atoms with Gasteiger partial charge >= 0.3 is 0 Å². The number of carbonyl (C=O) groups is 1. The van der Waals surface area contributed by atoms with Gasteiger partial charge in [0.05, 0.1) is 32.1 Å². The molecule has 1 atom stereocenters. The van der Waals surface area contributed by atoms with Crippen molar-refractivity contribution in [2.45, 2.75) is 12.5 Å². The summed E-state index contributed by atoms with van der Waals surface area (Å²) in [7, 11) is 1.64. The van der Waals surface area contributed by atoms with Gasteiger partial charge in [-0.2, -0.15) is 16.9 Å². The van der Waals surface area contributed by atoms with Crippen LogP contribution in [0.1, 0.15) is 16.9 Å². The van der Waals surface area contributed by atoms with E-state index in [-0.39, 0.29) is 11.9 Å². The Hall–Kier alpha value is -2.03. The van der Waals surface area contributed by atoms with E-state index < -0.39 is 0 Å². The SMILES string of the molecule is COc1ccccc1-c1cc(C(=O)N2CCCSCC2CN2CCOCC2)[nH]n1. The van der Waals surface area contributed by atoms with E-state index >= 15 is 0 Å². The lowest BCUT2D eigenvalue weighted by Gasteiger charge is -2.35. The molecule has 7 nitrogen and oxygen atoms in total. The van der Waals surface area contributed by atoms with Gasteiger partial charge in [0.15, 0.2) is 0 Å². The third kappa shape index (κ3) is 4.76. The third-order valence-corrected chi connectivity index (χ3v) is 6.66. The average molecular weight is 417 g/mol. The van der Waals surface area contributed by atoms with Crippen LogP contribution in [0.15, 0.2) is 30.3 Å². The Labute approximate surface area is 175 Å². The number of morpholine rings is 1. The number of hydrogen-bond acceptors (Lipinski definition) is 6. The Balaban J connectivity index is 1.52. The summed E-state index contributed by atoms with van der Waals surface area (Å²) >= 11 is 1.94. The molecule has 1 N–H and O–H groups in total. The quantitative estimate of drug-likeness (QED) is 0.807. The number of methoxy groups -OCH3 is 1. The van der Waals surface area contributed by atoms with Crippen LogP contribution in [-0.4, -0.2) is 90.0 Å². The largest absolute Gasteiger partial charge is 0.496 e. The van der Waals surface area contributed by atoms with Gasteiger partial charge in [-0.3, -0.25) is 14.8 Å². The highest BCUT2D eigenvalue weighted by Crippen LogP contribution is 2.29. The highest BCUT2D eigenvalue weighted by atomic mass is 32.2. The van der Waals surface area contributed by atoms with Gasteiger partial charge < -0.3 is 14.4 Å². The minimum atomic E-state index is 0.0272. The van der Waals surface area contributed by atoms with Crippen LogP contribution < -0.4 is 4.74 Å². The molecule has 1 unspecified atom stereocenters. The van der Waals surface area contributed by atoms with Crippen molar-refractivity contribution in [3.05, 3.63) is 36.0 Å². The molecule has 0 bridgehead atoms. The smallest absolute Gasteiger partial charge is 0.272 e.